The van der Waals surface area contributed by atoms with Crippen molar-refractivity contribution in [3.05, 3.63) is 45.8 Å². The molecular formula is C16H20FNO5. The van der Waals surface area contributed by atoms with Gasteiger partial charge in [0.05, 0.1) is 6.61 Å². The average Bonchev–Trinajstić information content (AvgIpc) is 2.51. The molecule has 6 nitrogen and oxygen atoms in total. The van der Waals surface area contributed by atoms with Gasteiger partial charge in [0.15, 0.2) is 5.41 Å². The molecule has 2 atom stereocenters. The molecule has 23 heavy (non-hydrogen) atoms. The Bertz CT molecular complexity index is 560. The standard InChI is InChI=1S/C16H20FNO5/c1-3-5-13(10-19)16(11-18(21)22,15(20)23-4-2)12-6-8-14(17)9-7-12/h6-10,13H,3-5,11H2,1-2H3. The van der Waals surface area contributed by atoms with Crippen molar-refractivity contribution < 1.29 is 23.6 Å². The van der Waals surface area contributed by atoms with E-state index in [9.17, 15) is 24.1 Å². The normalized spacial score (nSPS) is 14.6. The number of benzene rings is 1. The van der Waals surface area contributed by atoms with Crippen LogP contribution in [0.5, 0.6) is 0 Å². The van der Waals surface area contributed by atoms with E-state index in [4.69, 9.17) is 4.74 Å². The van der Waals surface area contributed by atoms with Gasteiger partial charge in [0.1, 0.15) is 12.1 Å². The Labute approximate surface area is 133 Å². The lowest BCUT2D eigenvalue weighted by atomic mass is 9.69. The van der Waals surface area contributed by atoms with Crippen LogP contribution in [0.1, 0.15) is 32.3 Å². The van der Waals surface area contributed by atoms with Crippen LogP contribution < -0.4 is 0 Å². The lowest BCUT2D eigenvalue weighted by Crippen LogP contribution is -2.50. The predicted octanol–water partition coefficient (Wildman–Crippen LogP) is 2.52. The van der Waals surface area contributed by atoms with Gasteiger partial charge in [-0.1, -0.05) is 25.5 Å². The first kappa shape index (κ1) is 18.7. The second-order valence-electron chi connectivity index (χ2n) is 5.22. The van der Waals surface area contributed by atoms with Crippen LogP contribution in [0, 0.1) is 21.8 Å². The third-order valence-electron chi connectivity index (χ3n) is 3.77. The topological polar surface area (TPSA) is 86.5 Å². The van der Waals surface area contributed by atoms with E-state index >= 15 is 0 Å². The highest BCUT2D eigenvalue weighted by Gasteiger charge is 2.52. The third-order valence-corrected chi connectivity index (χ3v) is 3.77. The molecule has 0 heterocycles. The fourth-order valence-electron chi connectivity index (χ4n) is 2.71. The Morgan fingerprint density at radius 1 is 1.39 bits per heavy atom. The molecule has 0 saturated carbocycles. The van der Waals surface area contributed by atoms with Crippen molar-refractivity contribution in [1.82, 2.24) is 0 Å². The van der Waals surface area contributed by atoms with E-state index in [1.165, 1.54) is 12.1 Å². The summed E-state index contributed by atoms with van der Waals surface area (Å²) in [6, 6.07) is 4.80. The molecule has 7 heteroatoms. The Morgan fingerprint density at radius 2 is 2.00 bits per heavy atom. The van der Waals surface area contributed by atoms with Crippen molar-refractivity contribution in [3.8, 4) is 0 Å². The largest absolute Gasteiger partial charge is 0.465 e. The summed E-state index contributed by atoms with van der Waals surface area (Å²) >= 11 is 0. The summed E-state index contributed by atoms with van der Waals surface area (Å²) in [5.74, 6) is -2.30. The number of halogens is 1. The summed E-state index contributed by atoms with van der Waals surface area (Å²) in [6.45, 7) is 2.62. The molecule has 0 bridgehead atoms. The van der Waals surface area contributed by atoms with Gasteiger partial charge < -0.3 is 9.53 Å². The van der Waals surface area contributed by atoms with Gasteiger partial charge in [-0.25, -0.2) is 4.39 Å². The fourth-order valence-corrected chi connectivity index (χ4v) is 2.71. The summed E-state index contributed by atoms with van der Waals surface area (Å²) < 4.78 is 18.2. The number of nitrogens with zero attached hydrogens (tertiary/aromatic N) is 1. The minimum atomic E-state index is -1.76. The van der Waals surface area contributed by atoms with Crippen molar-refractivity contribution in [2.45, 2.75) is 32.1 Å². The molecule has 0 spiro atoms. The Morgan fingerprint density at radius 3 is 2.43 bits per heavy atom. The van der Waals surface area contributed by atoms with Gasteiger partial charge >= 0.3 is 5.97 Å². The smallest absolute Gasteiger partial charge is 0.324 e. The van der Waals surface area contributed by atoms with Crippen LogP contribution in [0.3, 0.4) is 0 Å². The Balaban J connectivity index is 3.55. The summed E-state index contributed by atoms with van der Waals surface area (Å²) in [5, 5.41) is 11.2. The maximum atomic E-state index is 13.2. The van der Waals surface area contributed by atoms with E-state index in [0.717, 1.165) is 12.1 Å². The van der Waals surface area contributed by atoms with Crippen LogP contribution in [0.2, 0.25) is 0 Å². The quantitative estimate of drug-likeness (QED) is 0.301. The molecule has 0 saturated heterocycles. The van der Waals surface area contributed by atoms with Crippen molar-refractivity contribution in [2.75, 3.05) is 13.2 Å². The first-order valence-electron chi connectivity index (χ1n) is 7.42. The highest BCUT2D eigenvalue weighted by atomic mass is 19.1. The van der Waals surface area contributed by atoms with Crippen LogP contribution in [-0.2, 0) is 19.7 Å². The summed E-state index contributed by atoms with van der Waals surface area (Å²) in [7, 11) is 0. The van der Waals surface area contributed by atoms with Crippen LogP contribution in [0.4, 0.5) is 4.39 Å². The maximum absolute atomic E-state index is 13.2. The lowest BCUT2D eigenvalue weighted by molar-refractivity contribution is -0.490. The van der Waals surface area contributed by atoms with Crippen molar-refractivity contribution in [1.29, 1.82) is 0 Å². The molecule has 0 amide bonds. The molecular weight excluding hydrogens is 305 g/mol. The van der Waals surface area contributed by atoms with Gasteiger partial charge in [-0.2, -0.15) is 0 Å². The third kappa shape index (κ3) is 4.12. The van der Waals surface area contributed by atoms with Crippen LogP contribution in [0.15, 0.2) is 24.3 Å². The molecule has 0 N–H and O–H groups in total. The number of hydrogen-bond donors (Lipinski definition) is 0. The monoisotopic (exact) mass is 325 g/mol. The molecule has 1 aromatic carbocycles. The van der Waals surface area contributed by atoms with Gasteiger partial charge in [-0.15, -0.1) is 0 Å². The van der Waals surface area contributed by atoms with E-state index in [0.29, 0.717) is 12.7 Å². The number of hydrogen-bond acceptors (Lipinski definition) is 5. The van der Waals surface area contributed by atoms with Gasteiger partial charge in [-0.3, -0.25) is 14.9 Å². The second-order valence-corrected chi connectivity index (χ2v) is 5.22. The molecule has 0 aliphatic heterocycles. The number of rotatable bonds is 9. The first-order valence-corrected chi connectivity index (χ1v) is 7.42. The first-order chi connectivity index (χ1) is 10.9. The van der Waals surface area contributed by atoms with E-state index < -0.39 is 34.6 Å². The molecule has 0 aromatic heterocycles. The van der Waals surface area contributed by atoms with Gasteiger partial charge in [-0.05, 0) is 31.0 Å². The highest BCUT2D eigenvalue weighted by molar-refractivity contribution is 5.87. The molecule has 2 unspecified atom stereocenters. The molecule has 0 fully saturated rings. The van der Waals surface area contributed by atoms with E-state index in [1.54, 1.807) is 6.92 Å². The molecule has 1 aromatic rings. The lowest BCUT2D eigenvalue weighted by Gasteiger charge is -2.32. The zero-order valence-corrected chi connectivity index (χ0v) is 13.2. The van der Waals surface area contributed by atoms with Gasteiger partial charge in [0.2, 0.25) is 6.54 Å². The number of ether oxygens (including phenoxy) is 1. The van der Waals surface area contributed by atoms with Crippen LogP contribution in [0.25, 0.3) is 0 Å². The predicted molar refractivity (Wildman–Crippen MR) is 81.0 cm³/mol. The highest BCUT2D eigenvalue weighted by Crippen LogP contribution is 2.36. The summed E-state index contributed by atoms with van der Waals surface area (Å²) in [4.78, 5) is 34.7. The SMILES string of the molecule is CCCC(C=O)C(C[N+](=O)[O-])(C(=O)OCC)c1ccc(F)cc1. The number of esters is 1. The van der Waals surface area contributed by atoms with Crippen molar-refractivity contribution in [2.24, 2.45) is 5.92 Å². The van der Waals surface area contributed by atoms with E-state index in [2.05, 4.69) is 0 Å². The van der Waals surface area contributed by atoms with E-state index in [-0.39, 0.29) is 18.6 Å². The minimum absolute atomic E-state index is 0.0250. The van der Waals surface area contributed by atoms with Crippen LogP contribution in [-0.4, -0.2) is 30.3 Å². The zero-order chi connectivity index (χ0) is 17.5. The molecule has 0 aliphatic carbocycles. The van der Waals surface area contributed by atoms with Crippen LogP contribution >= 0.6 is 0 Å². The summed E-state index contributed by atoms with van der Waals surface area (Å²) in [5.41, 5.74) is -1.55. The molecule has 0 radical (unpaired) electrons. The van der Waals surface area contributed by atoms with Crippen molar-refractivity contribution in [3.63, 3.8) is 0 Å². The Kier molecular flexibility index (Phi) is 6.81. The molecule has 126 valence electrons. The van der Waals surface area contributed by atoms with Crippen molar-refractivity contribution >= 4 is 12.3 Å². The summed E-state index contributed by atoms with van der Waals surface area (Å²) in [6.07, 6.45) is 1.39. The number of aldehydes is 1. The Hall–Kier alpha value is -2.31. The molecule has 1 rings (SSSR count). The fraction of sp³-hybridized carbons (Fsp3) is 0.500. The van der Waals surface area contributed by atoms with Gasteiger partial charge in [0.25, 0.3) is 0 Å². The number of carbonyl (C=O) groups is 2. The maximum Gasteiger partial charge on any atom is 0.324 e. The number of carbonyl (C=O) groups excluding carboxylic acids is 2. The average molecular weight is 325 g/mol. The van der Waals surface area contributed by atoms with E-state index in [1.807, 2.05) is 6.92 Å². The second kappa shape index (κ2) is 8.36. The minimum Gasteiger partial charge on any atom is -0.465 e. The van der Waals surface area contributed by atoms with Gasteiger partial charge in [0, 0.05) is 10.8 Å². The molecule has 0 aliphatic rings. The number of nitro groups is 1. The zero-order valence-electron chi connectivity index (χ0n) is 13.2.